The molecule has 10 nitrogen and oxygen atoms in total. The standard InChI is InChI=1S/C32H30FN7O3S/c1-44(41,42)36-16-19-11-21(13-23(33)12-19)29-31-28(9-10-35-29)37-32(38-31)30-26-15-20(7-8-27(26)39-40-30)22-14-25(18-34-17-22)43-24-5-3-2-4-6-24/h7-15,17-18,24,36H,2-6,16H2,1H3,(H,37,38)(H,39,40). The number of rotatable bonds is 8. The highest BCUT2D eigenvalue weighted by Crippen LogP contribution is 2.34. The molecule has 0 radical (unpaired) electrons. The number of benzene rings is 2. The molecule has 3 N–H and O–H groups in total. The van der Waals surface area contributed by atoms with Gasteiger partial charge in [0.2, 0.25) is 10.0 Å². The summed E-state index contributed by atoms with van der Waals surface area (Å²) in [5.41, 5.74) is 6.04. The molecule has 4 aromatic heterocycles. The molecule has 12 heteroatoms. The van der Waals surface area contributed by atoms with Gasteiger partial charge in [0.25, 0.3) is 0 Å². The number of halogens is 1. The number of fused-ring (bicyclic) bond motifs is 2. The Morgan fingerprint density at radius 2 is 1.82 bits per heavy atom. The van der Waals surface area contributed by atoms with Gasteiger partial charge in [-0.2, -0.15) is 5.10 Å². The van der Waals surface area contributed by atoms with Crippen molar-refractivity contribution in [2.75, 3.05) is 6.26 Å². The van der Waals surface area contributed by atoms with E-state index >= 15 is 0 Å². The minimum atomic E-state index is -3.44. The fraction of sp³-hybridized carbons (Fsp3) is 0.250. The first kappa shape index (κ1) is 28.1. The summed E-state index contributed by atoms with van der Waals surface area (Å²) in [4.78, 5) is 17.1. The van der Waals surface area contributed by atoms with Crippen molar-refractivity contribution in [1.29, 1.82) is 0 Å². The Morgan fingerprint density at radius 3 is 2.66 bits per heavy atom. The van der Waals surface area contributed by atoms with Gasteiger partial charge in [0.1, 0.15) is 22.8 Å². The van der Waals surface area contributed by atoms with Crippen molar-refractivity contribution in [2.24, 2.45) is 0 Å². The molecular weight excluding hydrogens is 581 g/mol. The zero-order valence-corrected chi connectivity index (χ0v) is 24.8. The molecule has 1 aliphatic carbocycles. The van der Waals surface area contributed by atoms with Gasteiger partial charge >= 0.3 is 0 Å². The van der Waals surface area contributed by atoms with Crippen molar-refractivity contribution in [1.82, 2.24) is 34.9 Å². The number of imidazole rings is 1. The Bertz CT molecular complexity index is 2100. The maximum Gasteiger partial charge on any atom is 0.209 e. The third-order valence-corrected chi connectivity index (χ3v) is 8.53. The lowest BCUT2D eigenvalue weighted by atomic mass is 9.98. The molecule has 1 saturated carbocycles. The Kier molecular flexibility index (Phi) is 7.31. The number of ether oxygens (including phenoxy) is 1. The van der Waals surface area contributed by atoms with Gasteiger partial charge in [-0.15, -0.1) is 0 Å². The molecule has 0 bridgehead atoms. The van der Waals surface area contributed by atoms with Gasteiger partial charge in [-0.1, -0.05) is 12.5 Å². The molecule has 6 aromatic rings. The lowest BCUT2D eigenvalue weighted by Gasteiger charge is -2.23. The van der Waals surface area contributed by atoms with E-state index in [-0.39, 0.29) is 12.6 Å². The van der Waals surface area contributed by atoms with Crippen LogP contribution >= 0.6 is 0 Å². The van der Waals surface area contributed by atoms with Crippen LogP contribution in [-0.4, -0.2) is 50.9 Å². The zero-order chi connectivity index (χ0) is 30.3. The van der Waals surface area contributed by atoms with E-state index in [1.807, 2.05) is 24.4 Å². The summed E-state index contributed by atoms with van der Waals surface area (Å²) >= 11 is 0. The highest BCUT2D eigenvalue weighted by atomic mass is 32.2. The summed E-state index contributed by atoms with van der Waals surface area (Å²) in [6.07, 6.45) is 12.3. The van der Waals surface area contributed by atoms with Crippen molar-refractivity contribution in [3.8, 4) is 39.7 Å². The van der Waals surface area contributed by atoms with Gasteiger partial charge in [-0.25, -0.2) is 22.5 Å². The third-order valence-electron chi connectivity index (χ3n) is 7.86. The number of H-pyrrole nitrogens is 2. The quantitative estimate of drug-likeness (QED) is 0.188. The fourth-order valence-corrected chi connectivity index (χ4v) is 6.18. The number of hydrogen-bond acceptors (Lipinski definition) is 7. The van der Waals surface area contributed by atoms with E-state index < -0.39 is 15.8 Å². The monoisotopic (exact) mass is 611 g/mol. The van der Waals surface area contributed by atoms with Gasteiger partial charge in [0, 0.05) is 35.5 Å². The van der Waals surface area contributed by atoms with Crippen LogP contribution < -0.4 is 9.46 Å². The van der Waals surface area contributed by atoms with Crippen LogP contribution in [-0.2, 0) is 16.6 Å². The smallest absolute Gasteiger partial charge is 0.209 e. The Hall–Kier alpha value is -4.68. The van der Waals surface area contributed by atoms with E-state index in [1.165, 1.54) is 31.4 Å². The van der Waals surface area contributed by atoms with Crippen LogP contribution in [0.3, 0.4) is 0 Å². The highest BCUT2D eigenvalue weighted by molar-refractivity contribution is 7.88. The maximum atomic E-state index is 14.6. The maximum absolute atomic E-state index is 14.6. The van der Waals surface area contributed by atoms with Crippen LogP contribution in [0.5, 0.6) is 5.75 Å². The normalized spacial score (nSPS) is 14.4. The van der Waals surface area contributed by atoms with E-state index in [0.717, 1.165) is 46.9 Å². The highest BCUT2D eigenvalue weighted by Gasteiger charge is 2.19. The number of aromatic amines is 2. The molecule has 4 heterocycles. The van der Waals surface area contributed by atoms with Gasteiger partial charge in [-0.3, -0.25) is 15.1 Å². The number of nitrogens with zero attached hydrogens (tertiary/aromatic N) is 4. The lowest BCUT2D eigenvalue weighted by Crippen LogP contribution is -2.21. The summed E-state index contributed by atoms with van der Waals surface area (Å²) in [5, 5.41) is 8.52. The van der Waals surface area contributed by atoms with E-state index in [0.29, 0.717) is 39.4 Å². The number of sulfonamides is 1. The molecule has 44 heavy (non-hydrogen) atoms. The molecule has 0 saturated heterocycles. The van der Waals surface area contributed by atoms with Crippen molar-refractivity contribution >= 4 is 32.0 Å². The lowest BCUT2D eigenvalue weighted by molar-refractivity contribution is 0.154. The Balaban J connectivity index is 1.23. The summed E-state index contributed by atoms with van der Waals surface area (Å²) in [7, 11) is -3.44. The average Bonchev–Trinajstić information content (AvgIpc) is 3.64. The van der Waals surface area contributed by atoms with E-state index in [9.17, 15) is 12.8 Å². The summed E-state index contributed by atoms with van der Waals surface area (Å²) < 4.78 is 46.4. The van der Waals surface area contributed by atoms with Gasteiger partial charge in [0.15, 0.2) is 5.82 Å². The third kappa shape index (κ3) is 5.90. The molecule has 7 rings (SSSR count). The van der Waals surface area contributed by atoms with Crippen molar-refractivity contribution in [3.05, 3.63) is 78.5 Å². The van der Waals surface area contributed by atoms with E-state index in [1.54, 1.807) is 24.5 Å². The first-order valence-electron chi connectivity index (χ1n) is 14.5. The van der Waals surface area contributed by atoms with Crippen LogP contribution in [0.4, 0.5) is 4.39 Å². The number of pyridine rings is 2. The van der Waals surface area contributed by atoms with Crippen LogP contribution in [0, 0.1) is 5.82 Å². The Labute approximate surface area is 253 Å². The topological polar surface area (TPSA) is 139 Å². The molecule has 0 atom stereocenters. The minimum absolute atomic E-state index is 0.0435. The van der Waals surface area contributed by atoms with Crippen LogP contribution in [0.2, 0.25) is 0 Å². The molecule has 1 aliphatic rings. The minimum Gasteiger partial charge on any atom is -0.489 e. The van der Waals surface area contributed by atoms with Crippen LogP contribution in [0.15, 0.2) is 67.1 Å². The summed E-state index contributed by atoms with van der Waals surface area (Å²) in [5.74, 6) is 0.795. The van der Waals surface area contributed by atoms with E-state index in [4.69, 9.17) is 9.72 Å². The number of aromatic nitrogens is 6. The van der Waals surface area contributed by atoms with Crippen molar-refractivity contribution in [3.63, 3.8) is 0 Å². The molecule has 0 spiro atoms. The second-order valence-corrected chi connectivity index (χ2v) is 13.0. The Morgan fingerprint density at radius 1 is 0.955 bits per heavy atom. The van der Waals surface area contributed by atoms with E-state index in [2.05, 4.69) is 35.9 Å². The van der Waals surface area contributed by atoms with Crippen LogP contribution in [0.1, 0.15) is 37.7 Å². The van der Waals surface area contributed by atoms with Gasteiger partial charge in [0.05, 0.1) is 35.3 Å². The molecule has 0 amide bonds. The number of nitrogens with one attached hydrogen (secondary N) is 3. The molecule has 1 fully saturated rings. The molecule has 224 valence electrons. The summed E-state index contributed by atoms with van der Waals surface area (Å²) in [6, 6.07) is 14.2. The van der Waals surface area contributed by atoms with Gasteiger partial charge in [-0.05, 0) is 79.3 Å². The first-order chi connectivity index (χ1) is 21.3. The van der Waals surface area contributed by atoms with Crippen LogP contribution in [0.25, 0.3) is 55.8 Å². The predicted octanol–water partition coefficient (Wildman–Crippen LogP) is 6.13. The number of hydrogen-bond donors (Lipinski definition) is 3. The predicted molar refractivity (Wildman–Crippen MR) is 167 cm³/mol. The largest absolute Gasteiger partial charge is 0.489 e. The summed E-state index contributed by atoms with van der Waals surface area (Å²) in [6.45, 7) is -0.0435. The molecule has 2 aromatic carbocycles. The average molecular weight is 612 g/mol. The fourth-order valence-electron chi connectivity index (χ4n) is 5.75. The molecule has 0 aliphatic heterocycles. The SMILES string of the molecule is CS(=O)(=O)NCc1cc(F)cc(-c2nccc3[nH]c(-c4n[nH]c5ccc(-c6cncc(OC7CCCCC7)c6)cc45)nc23)c1. The second-order valence-electron chi connectivity index (χ2n) is 11.2. The molecular formula is C32H30FN7O3S. The van der Waals surface area contributed by atoms with Gasteiger partial charge < -0.3 is 9.72 Å². The zero-order valence-electron chi connectivity index (χ0n) is 24.0. The second kappa shape index (κ2) is 11.4. The molecule has 0 unspecified atom stereocenters. The van der Waals surface area contributed by atoms with Crippen molar-refractivity contribution in [2.45, 2.75) is 44.8 Å². The van der Waals surface area contributed by atoms with Crippen molar-refractivity contribution < 1.29 is 17.5 Å². The first-order valence-corrected chi connectivity index (χ1v) is 16.4.